The predicted molar refractivity (Wildman–Crippen MR) is 75.2 cm³/mol. The Labute approximate surface area is 111 Å². The lowest BCUT2D eigenvalue weighted by atomic mass is 10.3. The maximum atomic E-state index is 5.73. The summed E-state index contributed by atoms with van der Waals surface area (Å²) in [6.45, 7) is 1.92. The zero-order valence-electron chi connectivity index (χ0n) is 10.2. The van der Waals surface area contributed by atoms with Crippen LogP contribution in [0.15, 0.2) is 35.7 Å². The minimum atomic E-state index is 0.611. The molecule has 0 bridgehead atoms. The van der Waals surface area contributed by atoms with Gasteiger partial charge in [0.25, 0.3) is 0 Å². The SMILES string of the molecule is Nc1cccc(CN(Cc2cccs2)C2CC2)n1. The molecular formula is C14H17N3S. The summed E-state index contributed by atoms with van der Waals surface area (Å²) in [6, 6.07) is 10.9. The molecule has 1 aliphatic rings. The third-order valence-electron chi connectivity index (χ3n) is 3.20. The van der Waals surface area contributed by atoms with Gasteiger partial charge in [-0.15, -0.1) is 11.3 Å². The summed E-state index contributed by atoms with van der Waals surface area (Å²) in [4.78, 5) is 8.32. The van der Waals surface area contributed by atoms with Crippen molar-refractivity contribution in [3.05, 3.63) is 46.3 Å². The highest BCUT2D eigenvalue weighted by atomic mass is 32.1. The smallest absolute Gasteiger partial charge is 0.123 e. The first-order valence-electron chi connectivity index (χ1n) is 6.29. The van der Waals surface area contributed by atoms with Gasteiger partial charge in [0.05, 0.1) is 5.69 Å². The highest BCUT2D eigenvalue weighted by Gasteiger charge is 2.29. The molecular weight excluding hydrogens is 242 g/mol. The Morgan fingerprint density at radius 2 is 2.11 bits per heavy atom. The third kappa shape index (κ3) is 2.89. The zero-order valence-corrected chi connectivity index (χ0v) is 11.1. The molecule has 2 heterocycles. The Morgan fingerprint density at radius 3 is 2.78 bits per heavy atom. The summed E-state index contributed by atoms with van der Waals surface area (Å²) < 4.78 is 0. The predicted octanol–water partition coefficient (Wildman–Crippen LogP) is 2.89. The summed E-state index contributed by atoms with van der Waals surface area (Å²) in [6.07, 6.45) is 2.63. The number of thiophene rings is 1. The Kier molecular flexibility index (Phi) is 3.30. The van der Waals surface area contributed by atoms with Gasteiger partial charge in [0.2, 0.25) is 0 Å². The van der Waals surface area contributed by atoms with Crippen LogP contribution in [0, 0.1) is 0 Å². The van der Waals surface area contributed by atoms with Gasteiger partial charge < -0.3 is 5.73 Å². The van der Waals surface area contributed by atoms with Gasteiger partial charge in [-0.25, -0.2) is 4.98 Å². The zero-order chi connectivity index (χ0) is 12.4. The summed E-state index contributed by atoms with van der Waals surface area (Å²) >= 11 is 1.82. The fourth-order valence-electron chi connectivity index (χ4n) is 2.15. The number of nitrogens with zero attached hydrogens (tertiary/aromatic N) is 2. The molecule has 4 heteroatoms. The molecule has 0 saturated heterocycles. The van der Waals surface area contributed by atoms with Crippen LogP contribution in [0.2, 0.25) is 0 Å². The molecule has 0 aliphatic heterocycles. The highest BCUT2D eigenvalue weighted by molar-refractivity contribution is 7.09. The van der Waals surface area contributed by atoms with Crippen LogP contribution in [0.4, 0.5) is 5.82 Å². The van der Waals surface area contributed by atoms with E-state index in [0.29, 0.717) is 5.82 Å². The first-order valence-corrected chi connectivity index (χ1v) is 7.17. The second-order valence-corrected chi connectivity index (χ2v) is 5.80. The van der Waals surface area contributed by atoms with Crippen LogP contribution in [0.5, 0.6) is 0 Å². The van der Waals surface area contributed by atoms with E-state index in [9.17, 15) is 0 Å². The van der Waals surface area contributed by atoms with Crippen molar-refractivity contribution in [3.63, 3.8) is 0 Å². The van der Waals surface area contributed by atoms with E-state index in [2.05, 4.69) is 33.5 Å². The minimum Gasteiger partial charge on any atom is -0.384 e. The Balaban J connectivity index is 1.70. The van der Waals surface area contributed by atoms with E-state index < -0.39 is 0 Å². The number of pyridine rings is 1. The average Bonchev–Trinajstić information content (AvgIpc) is 3.08. The van der Waals surface area contributed by atoms with Crippen LogP contribution in [0.1, 0.15) is 23.4 Å². The molecule has 0 unspecified atom stereocenters. The summed E-state index contributed by atoms with van der Waals surface area (Å²) in [5, 5.41) is 2.14. The Bertz CT molecular complexity index is 506. The molecule has 0 spiro atoms. The van der Waals surface area contributed by atoms with Gasteiger partial charge in [-0.3, -0.25) is 4.90 Å². The molecule has 1 saturated carbocycles. The van der Waals surface area contributed by atoms with Crippen LogP contribution in [0.3, 0.4) is 0 Å². The third-order valence-corrected chi connectivity index (χ3v) is 4.06. The molecule has 0 atom stereocenters. The molecule has 18 heavy (non-hydrogen) atoms. The van der Waals surface area contributed by atoms with Crippen molar-refractivity contribution < 1.29 is 0 Å². The van der Waals surface area contributed by atoms with E-state index in [-0.39, 0.29) is 0 Å². The summed E-state index contributed by atoms with van der Waals surface area (Å²) in [5.41, 5.74) is 6.80. The molecule has 1 aliphatic carbocycles. The van der Waals surface area contributed by atoms with Gasteiger partial charge in [0.15, 0.2) is 0 Å². The van der Waals surface area contributed by atoms with Crippen molar-refractivity contribution in [2.45, 2.75) is 32.0 Å². The van der Waals surface area contributed by atoms with Crippen LogP contribution in [-0.2, 0) is 13.1 Å². The van der Waals surface area contributed by atoms with Gasteiger partial charge in [0, 0.05) is 24.0 Å². The molecule has 0 amide bonds. The van der Waals surface area contributed by atoms with E-state index >= 15 is 0 Å². The van der Waals surface area contributed by atoms with Gasteiger partial charge >= 0.3 is 0 Å². The molecule has 0 radical (unpaired) electrons. The number of aromatic nitrogens is 1. The van der Waals surface area contributed by atoms with E-state index in [0.717, 1.165) is 24.8 Å². The van der Waals surface area contributed by atoms with Gasteiger partial charge in [0.1, 0.15) is 5.82 Å². The largest absolute Gasteiger partial charge is 0.384 e. The van der Waals surface area contributed by atoms with Gasteiger partial charge in [-0.05, 0) is 36.4 Å². The van der Waals surface area contributed by atoms with Crippen molar-refractivity contribution >= 4 is 17.2 Å². The lowest BCUT2D eigenvalue weighted by Crippen LogP contribution is -2.25. The molecule has 1 fully saturated rings. The van der Waals surface area contributed by atoms with Crippen LogP contribution in [-0.4, -0.2) is 15.9 Å². The first kappa shape index (κ1) is 11.7. The second-order valence-electron chi connectivity index (χ2n) is 4.77. The number of rotatable bonds is 5. The van der Waals surface area contributed by atoms with Crippen molar-refractivity contribution in [1.29, 1.82) is 0 Å². The normalized spacial score (nSPS) is 15.2. The lowest BCUT2D eigenvalue weighted by Gasteiger charge is -2.20. The van der Waals surface area contributed by atoms with Crippen molar-refractivity contribution in [2.75, 3.05) is 5.73 Å². The standard InChI is InChI=1S/C14H17N3S/c15-14-5-1-3-11(16-14)9-17(12-6-7-12)10-13-4-2-8-18-13/h1-5,8,12H,6-7,9-10H2,(H2,15,16). The number of hydrogen-bond acceptors (Lipinski definition) is 4. The number of anilines is 1. The molecule has 2 aromatic rings. The van der Waals surface area contributed by atoms with E-state index in [1.165, 1.54) is 17.7 Å². The first-order chi connectivity index (χ1) is 8.81. The van der Waals surface area contributed by atoms with Gasteiger partial charge in [-0.2, -0.15) is 0 Å². The molecule has 2 N–H and O–H groups in total. The van der Waals surface area contributed by atoms with Gasteiger partial charge in [-0.1, -0.05) is 12.1 Å². The van der Waals surface area contributed by atoms with Crippen LogP contribution < -0.4 is 5.73 Å². The minimum absolute atomic E-state index is 0.611. The summed E-state index contributed by atoms with van der Waals surface area (Å²) in [7, 11) is 0. The fraction of sp³-hybridized carbons (Fsp3) is 0.357. The van der Waals surface area contributed by atoms with E-state index in [4.69, 9.17) is 5.73 Å². The van der Waals surface area contributed by atoms with Crippen molar-refractivity contribution in [3.8, 4) is 0 Å². The molecule has 94 valence electrons. The van der Waals surface area contributed by atoms with Crippen LogP contribution in [0.25, 0.3) is 0 Å². The number of hydrogen-bond donors (Lipinski definition) is 1. The lowest BCUT2D eigenvalue weighted by molar-refractivity contribution is 0.245. The topological polar surface area (TPSA) is 42.1 Å². The maximum absolute atomic E-state index is 5.73. The molecule has 3 nitrogen and oxygen atoms in total. The van der Waals surface area contributed by atoms with Crippen molar-refractivity contribution in [2.24, 2.45) is 0 Å². The van der Waals surface area contributed by atoms with E-state index in [1.54, 1.807) is 0 Å². The monoisotopic (exact) mass is 259 g/mol. The van der Waals surface area contributed by atoms with Crippen LogP contribution >= 0.6 is 11.3 Å². The Hall–Kier alpha value is -1.39. The fourth-order valence-corrected chi connectivity index (χ4v) is 2.88. The number of nitrogen functional groups attached to an aromatic ring is 1. The molecule has 0 aromatic carbocycles. The number of nitrogens with two attached hydrogens (primary N) is 1. The highest BCUT2D eigenvalue weighted by Crippen LogP contribution is 2.30. The Morgan fingerprint density at radius 1 is 1.22 bits per heavy atom. The quantitative estimate of drug-likeness (QED) is 0.897. The van der Waals surface area contributed by atoms with E-state index in [1.807, 2.05) is 23.5 Å². The summed E-state index contributed by atoms with van der Waals surface area (Å²) in [5.74, 6) is 0.611. The molecule has 3 rings (SSSR count). The molecule has 2 aromatic heterocycles. The second kappa shape index (κ2) is 5.08. The average molecular weight is 259 g/mol. The van der Waals surface area contributed by atoms with Crippen molar-refractivity contribution in [1.82, 2.24) is 9.88 Å². The maximum Gasteiger partial charge on any atom is 0.123 e.